The van der Waals surface area contributed by atoms with Gasteiger partial charge in [-0.25, -0.2) is 0 Å². The van der Waals surface area contributed by atoms with Crippen LogP contribution in [0.25, 0.3) is 0 Å². The molecule has 0 saturated heterocycles. The van der Waals surface area contributed by atoms with Crippen LogP contribution in [0.5, 0.6) is 0 Å². The second kappa shape index (κ2) is 3.62. The van der Waals surface area contributed by atoms with Crippen LogP contribution in [0.2, 0.25) is 0 Å². The van der Waals surface area contributed by atoms with Crippen molar-refractivity contribution >= 4 is 5.78 Å². The molecule has 0 N–H and O–H groups in total. The number of rotatable bonds is 1. The van der Waals surface area contributed by atoms with Crippen LogP contribution in [0, 0.1) is 11.3 Å². The molecular formula is C14H20O. The predicted molar refractivity (Wildman–Crippen MR) is 62.6 cm³/mol. The Bertz CT molecular complexity index is 348. The van der Waals surface area contributed by atoms with Gasteiger partial charge in [-0.2, -0.15) is 0 Å². The zero-order valence-corrected chi connectivity index (χ0v) is 9.97. The smallest absolute Gasteiger partial charge is 0.155 e. The second-order valence-electron chi connectivity index (χ2n) is 5.19. The number of hydrogen-bond donors (Lipinski definition) is 0. The van der Waals surface area contributed by atoms with Gasteiger partial charge in [-0.05, 0) is 51.0 Å². The second-order valence-corrected chi connectivity index (χ2v) is 5.19. The lowest BCUT2D eigenvalue weighted by Crippen LogP contribution is -2.30. The summed E-state index contributed by atoms with van der Waals surface area (Å²) in [5, 5.41) is 0. The van der Waals surface area contributed by atoms with Crippen molar-refractivity contribution in [3.05, 3.63) is 23.3 Å². The molecule has 2 atom stereocenters. The molecule has 1 heteroatoms. The fourth-order valence-corrected chi connectivity index (χ4v) is 3.15. The first-order chi connectivity index (χ1) is 7.06. The molecule has 0 aromatic carbocycles. The summed E-state index contributed by atoms with van der Waals surface area (Å²) in [6, 6.07) is 0. The molecule has 0 aromatic heterocycles. The summed E-state index contributed by atoms with van der Waals surface area (Å²) in [6.07, 6.45) is 9.08. The Kier molecular flexibility index (Phi) is 2.57. The lowest BCUT2D eigenvalue weighted by atomic mass is 9.64. The Balaban J connectivity index is 2.27. The highest BCUT2D eigenvalue weighted by Gasteiger charge is 2.42. The average Bonchev–Trinajstić information content (AvgIpc) is 2.61. The first-order valence-electron chi connectivity index (χ1n) is 5.93. The van der Waals surface area contributed by atoms with Gasteiger partial charge in [-0.1, -0.05) is 24.6 Å². The summed E-state index contributed by atoms with van der Waals surface area (Å²) in [6.45, 7) is 6.28. The summed E-state index contributed by atoms with van der Waals surface area (Å²) < 4.78 is 0. The van der Waals surface area contributed by atoms with E-state index in [2.05, 4.69) is 26.0 Å². The molecule has 2 aliphatic rings. The topological polar surface area (TPSA) is 17.1 Å². The number of allylic oxidation sites excluding steroid dienone is 4. The van der Waals surface area contributed by atoms with E-state index in [1.165, 1.54) is 18.4 Å². The Morgan fingerprint density at radius 3 is 2.73 bits per heavy atom. The molecule has 0 saturated carbocycles. The van der Waals surface area contributed by atoms with Crippen molar-refractivity contribution in [1.29, 1.82) is 0 Å². The zero-order chi connectivity index (χ0) is 11.1. The molecular weight excluding hydrogens is 184 g/mol. The van der Waals surface area contributed by atoms with Crippen molar-refractivity contribution in [3.8, 4) is 0 Å². The molecule has 1 spiro atoms. The Labute approximate surface area is 92.3 Å². The molecule has 1 nitrogen and oxygen atoms in total. The molecule has 0 radical (unpaired) electrons. The fourth-order valence-electron chi connectivity index (χ4n) is 3.15. The third-order valence-electron chi connectivity index (χ3n) is 4.45. The van der Waals surface area contributed by atoms with Gasteiger partial charge in [-0.15, -0.1) is 0 Å². The van der Waals surface area contributed by atoms with Gasteiger partial charge in [-0.3, -0.25) is 4.79 Å². The van der Waals surface area contributed by atoms with Crippen LogP contribution >= 0.6 is 0 Å². The molecule has 0 bridgehead atoms. The van der Waals surface area contributed by atoms with E-state index in [0.29, 0.717) is 5.41 Å². The summed E-state index contributed by atoms with van der Waals surface area (Å²) in [7, 11) is 0. The highest BCUT2D eigenvalue weighted by molar-refractivity contribution is 5.94. The minimum absolute atomic E-state index is 0.262. The molecule has 2 rings (SSSR count). The van der Waals surface area contributed by atoms with E-state index < -0.39 is 0 Å². The third kappa shape index (κ3) is 1.58. The van der Waals surface area contributed by atoms with Gasteiger partial charge in [0.25, 0.3) is 0 Å². The molecule has 0 unspecified atom stereocenters. The quantitative estimate of drug-likeness (QED) is 0.596. The van der Waals surface area contributed by atoms with Crippen LogP contribution < -0.4 is 0 Å². The fraction of sp³-hybridized carbons (Fsp3) is 0.643. The van der Waals surface area contributed by atoms with E-state index in [4.69, 9.17) is 0 Å². The minimum Gasteiger partial charge on any atom is -0.295 e. The van der Waals surface area contributed by atoms with Crippen molar-refractivity contribution in [2.75, 3.05) is 0 Å². The first-order valence-corrected chi connectivity index (χ1v) is 5.93. The zero-order valence-electron chi connectivity index (χ0n) is 9.97. The summed E-state index contributed by atoms with van der Waals surface area (Å²) in [4.78, 5) is 11.4. The van der Waals surface area contributed by atoms with Gasteiger partial charge in [0.1, 0.15) is 0 Å². The van der Waals surface area contributed by atoms with E-state index in [-0.39, 0.29) is 5.78 Å². The van der Waals surface area contributed by atoms with Crippen LogP contribution in [-0.4, -0.2) is 5.78 Å². The van der Waals surface area contributed by atoms with Crippen LogP contribution in [0.3, 0.4) is 0 Å². The van der Waals surface area contributed by atoms with Crippen LogP contribution in [0.4, 0.5) is 0 Å². The van der Waals surface area contributed by atoms with Gasteiger partial charge in [0.05, 0.1) is 0 Å². The molecule has 0 amide bonds. The van der Waals surface area contributed by atoms with Crippen LogP contribution in [0.15, 0.2) is 23.3 Å². The van der Waals surface area contributed by atoms with Gasteiger partial charge < -0.3 is 0 Å². The highest BCUT2D eigenvalue weighted by atomic mass is 16.1. The standard InChI is InChI=1S/C14H20O/c1-10-5-4-6-11(2)14(10)8-7-13(9-14)12(3)15/h5,7,11H,4,6,8-9H2,1-3H3/t11-,14+/m0/s1. The number of hydrogen-bond acceptors (Lipinski definition) is 1. The summed E-state index contributed by atoms with van der Waals surface area (Å²) >= 11 is 0. The van der Waals surface area contributed by atoms with Gasteiger partial charge in [0.2, 0.25) is 0 Å². The maximum absolute atomic E-state index is 11.4. The first kappa shape index (κ1) is 10.7. The Hall–Kier alpha value is -0.850. The maximum Gasteiger partial charge on any atom is 0.155 e. The van der Waals surface area contributed by atoms with Crippen molar-refractivity contribution in [2.45, 2.75) is 46.5 Å². The van der Waals surface area contributed by atoms with Crippen molar-refractivity contribution in [2.24, 2.45) is 11.3 Å². The monoisotopic (exact) mass is 204 g/mol. The van der Waals surface area contributed by atoms with Crippen molar-refractivity contribution in [1.82, 2.24) is 0 Å². The number of carbonyl (C=O) groups excluding carboxylic acids is 1. The Morgan fingerprint density at radius 1 is 1.47 bits per heavy atom. The van der Waals surface area contributed by atoms with E-state index in [9.17, 15) is 4.79 Å². The number of carbonyl (C=O) groups is 1. The Morgan fingerprint density at radius 2 is 2.20 bits per heavy atom. The molecule has 15 heavy (non-hydrogen) atoms. The highest BCUT2D eigenvalue weighted by Crippen LogP contribution is 2.52. The van der Waals surface area contributed by atoms with Gasteiger partial charge >= 0.3 is 0 Å². The predicted octanol–water partition coefficient (Wildman–Crippen LogP) is 3.66. The third-order valence-corrected chi connectivity index (χ3v) is 4.45. The van der Waals surface area contributed by atoms with Gasteiger partial charge in [0.15, 0.2) is 5.78 Å². The largest absolute Gasteiger partial charge is 0.295 e. The van der Waals surface area contributed by atoms with Crippen molar-refractivity contribution < 1.29 is 4.79 Å². The van der Waals surface area contributed by atoms with E-state index in [1.807, 2.05) is 0 Å². The summed E-state index contributed by atoms with van der Waals surface area (Å²) in [5.74, 6) is 0.980. The minimum atomic E-state index is 0.262. The molecule has 82 valence electrons. The van der Waals surface area contributed by atoms with Crippen LogP contribution in [0.1, 0.15) is 46.5 Å². The lowest BCUT2D eigenvalue weighted by Gasteiger charge is -2.40. The molecule has 0 fully saturated rings. The SMILES string of the molecule is CC(=O)C1=CC[C@@]2(C1)C(C)=CCC[C@@H]2C. The number of ketones is 1. The molecule has 0 aliphatic heterocycles. The van der Waals surface area contributed by atoms with E-state index >= 15 is 0 Å². The molecule has 0 aromatic rings. The van der Waals surface area contributed by atoms with Crippen LogP contribution in [-0.2, 0) is 4.79 Å². The average molecular weight is 204 g/mol. The number of Topliss-reactive ketones (excluding diaryl/α,β-unsaturated/α-hetero) is 1. The normalized spacial score (nSPS) is 35.3. The van der Waals surface area contributed by atoms with E-state index in [0.717, 1.165) is 24.3 Å². The maximum atomic E-state index is 11.4. The lowest BCUT2D eigenvalue weighted by molar-refractivity contribution is -0.113. The van der Waals surface area contributed by atoms with Crippen molar-refractivity contribution in [3.63, 3.8) is 0 Å². The van der Waals surface area contributed by atoms with Gasteiger partial charge in [0, 0.05) is 5.41 Å². The molecule has 0 heterocycles. The summed E-state index contributed by atoms with van der Waals surface area (Å²) in [5.41, 5.74) is 2.85. The van der Waals surface area contributed by atoms with E-state index in [1.54, 1.807) is 6.92 Å². The molecule has 2 aliphatic carbocycles.